The first kappa shape index (κ1) is 11.1. The molecule has 0 spiro atoms. The Kier molecular flexibility index (Phi) is 2.47. The van der Waals surface area contributed by atoms with Gasteiger partial charge in [-0.2, -0.15) is 0 Å². The molecule has 0 unspecified atom stereocenters. The quantitative estimate of drug-likeness (QED) is 0.852. The van der Waals surface area contributed by atoms with Gasteiger partial charge in [-0.3, -0.25) is 4.79 Å². The van der Waals surface area contributed by atoms with Crippen LogP contribution in [0.5, 0.6) is 0 Å². The summed E-state index contributed by atoms with van der Waals surface area (Å²) in [5.74, 6) is 0.398. The van der Waals surface area contributed by atoms with Crippen LogP contribution in [0.25, 0.3) is 11.0 Å². The molecular weight excluding hydrogens is 228 g/mol. The summed E-state index contributed by atoms with van der Waals surface area (Å²) in [7, 11) is 0. The number of carbonyl (C=O) groups is 1. The molecular formula is C13H16N4O. The number of hydrogen-bond donors (Lipinski definition) is 2. The van der Waals surface area contributed by atoms with E-state index in [1.165, 1.54) is 0 Å². The first-order valence-electron chi connectivity index (χ1n) is 6.16. The fourth-order valence-corrected chi connectivity index (χ4v) is 2.12. The van der Waals surface area contributed by atoms with Gasteiger partial charge in [0.15, 0.2) is 0 Å². The van der Waals surface area contributed by atoms with Crippen LogP contribution in [-0.4, -0.2) is 21.5 Å². The van der Waals surface area contributed by atoms with Crippen molar-refractivity contribution in [3.8, 4) is 0 Å². The van der Waals surface area contributed by atoms with Gasteiger partial charge in [0.1, 0.15) is 6.54 Å². The zero-order valence-electron chi connectivity index (χ0n) is 10.3. The minimum absolute atomic E-state index is 0.00464. The Balaban J connectivity index is 1.92. The minimum atomic E-state index is 0.00464. The summed E-state index contributed by atoms with van der Waals surface area (Å²) < 4.78 is 1.76. The van der Waals surface area contributed by atoms with Gasteiger partial charge in [0, 0.05) is 6.04 Å². The van der Waals surface area contributed by atoms with E-state index in [0.29, 0.717) is 12.0 Å². The lowest BCUT2D eigenvalue weighted by atomic mass is 10.2. The molecule has 0 saturated heterocycles. The Morgan fingerprint density at radius 3 is 3.06 bits per heavy atom. The summed E-state index contributed by atoms with van der Waals surface area (Å²) in [6.45, 7) is 2.23. The van der Waals surface area contributed by atoms with E-state index < -0.39 is 0 Å². The van der Waals surface area contributed by atoms with E-state index in [-0.39, 0.29) is 12.5 Å². The van der Waals surface area contributed by atoms with E-state index >= 15 is 0 Å². The molecule has 1 saturated carbocycles. The second-order valence-corrected chi connectivity index (χ2v) is 4.84. The van der Waals surface area contributed by atoms with Crippen molar-refractivity contribution in [1.29, 1.82) is 0 Å². The average Bonchev–Trinajstić information content (AvgIpc) is 3.07. The smallest absolute Gasteiger partial charge is 0.240 e. The van der Waals surface area contributed by atoms with Gasteiger partial charge in [-0.1, -0.05) is 12.1 Å². The van der Waals surface area contributed by atoms with E-state index in [1.54, 1.807) is 4.57 Å². The van der Waals surface area contributed by atoms with Crippen LogP contribution in [-0.2, 0) is 11.3 Å². The number of aryl methyl sites for hydroxylation is 1. The molecule has 1 fully saturated rings. The first-order valence-corrected chi connectivity index (χ1v) is 6.16. The van der Waals surface area contributed by atoms with Gasteiger partial charge in [0.05, 0.1) is 11.0 Å². The number of hydrogen-bond acceptors (Lipinski definition) is 3. The van der Waals surface area contributed by atoms with Crippen LogP contribution in [0, 0.1) is 6.92 Å². The molecule has 3 rings (SSSR count). The minimum Gasteiger partial charge on any atom is -0.369 e. The molecule has 1 amide bonds. The van der Waals surface area contributed by atoms with Crippen molar-refractivity contribution in [2.24, 2.45) is 0 Å². The average molecular weight is 244 g/mol. The maximum atomic E-state index is 11.8. The first-order chi connectivity index (χ1) is 8.65. The Bertz CT molecular complexity index is 613. The van der Waals surface area contributed by atoms with E-state index in [4.69, 9.17) is 5.73 Å². The number of nitrogen functional groups attached to an aromatic ring is 1. The highest BCUT2D eigenvalue weighted by Gasteiger charge is 2.23. The maximum absolute atomic E-state index is 11.8. The van der Waals surface area contributed by atoms with Gasteiger partial charge in [-0.15, -0.1) is 0 Å². The van der Waals surface area contributed by atoms with Gasteiger partial charge in [0.2, 0.25) is 11.9 Å². The van der Waals surface area contributed by atoms with Gasteiger partial charge in [0.25, 0.3) is 0 Å². The van der Waals surface area contributed by atoms with Crippen molar-refractivity contribution in [1.82, 2.24) is 14.9 Å². The second kappa shape index (κ2) is 4.01. The van der Waals surface area contributed by atoms with E-state index in [1.807, 2.05) is 25.1 Å². The summed E-state index contributed by atoms with van der Waals surface area (Å²) in [6.07, 6.45) is 2.18. The number of anilines is 1. The number of benzene rings is 1. The van der Waals surface area contributed by atoms with E-state index in [2.05, 4.69) is 10.3 Å². The van der Waals surface area contributed by atoms with Crippen molar-refractivity contribution < 1.29 is 4.79 Å². The number of aromatic nitrogens is 2. The van der Waals surface area contributed by atoms with Crippen LogP contribution in [0.15, 0.2) is 18.2 Å². The lowest BCUT2D eigenvalue weighted by molar-refractivity contribution is -0.121. The van der Waals surface area contributed by atoms with Crippen molar-refractivity contribution in [3.63, 3.8) is 0 Å². The Morgan fingerprint density at radius 2 is 2.33 bits per heavy atom. The highest BCUT2D eigenvalue weighted by molar-refractivity contribution is 5.84. The molecule has 1 aromatic heterocycles. The molecule has 5 heteroatoms. The van der Waals surface area contributed by atoms with Crippen LogP contribution in [0.2, 0.25) is 0 Å². The van der Waals surface area contributed by atoms with E-state index in [9.17, 15) is 4.79 Å². The van der Waals surface area contributed by atoms with Crippen LogP contribution in [0.4, 0.5) is 5.95 Å². The number of nitrogens with zero attached hydrogens (tertiary/aromatic N) is 2. The molecule has 0 atom stereocenters. The predicted molar refractivity (Wildman–Crippen MR) is 70.0 cm³/mol. The fourth-order valence-electron chi connectivity index (χ4n) is 2.12. The summed E-state index contributed by atoms with van der Waals surface area (Å²) >= 11 is 0. The van der Waals surface area contributed by atoms with Gasteiger partial charge in [-0.25, -0.2) is 4.98 Å². The molecule has 1 aliphatic carbocycles. The molecule has 5 nitrogen and oxygen atoms in total. The molecule has 0 radical (unpaired) electrons. The topological polar surface area (TPSA) is 72.9 Å². The summed E-state index contributed by atoms with van der Waals surface area (Å²) in [5.41, 5.74) is 8.74. The van der Waals surface area contributed by atoms with Crippen LogP contribution >= 0.6 is 0 Å². The van der Waals surface area contributed by atoms with Gasteiger partial charge < -0.3 is 15.6 Å². The van der Waals surface area contributed by atoms with Crippen LogP contribution in [0.3, 0.4) is 0 Å². The maximum Gasteiger partial charge on any atom is 0.240 e. The monoisotopic (exact) mass is 244 g/mol. The lowest BCUT2D eigenvalue weighted by Gasteiger charge is -2.07. The van der Waals surface area contributed by atoms with Crippen LogP contribution < -0.4 is 11.1 Å². The predicted octanol–water partition coefficient (Wildman–Crippen LogP) is 1.21. The third kappa shape index (κ3) is 1.92. The molecule has 2 aromatic rings. The number of nitrogens with one attached hydrogen (secondary N) is 1. The van der Waals surface area contributed by atoms with Gasteiger partial charge in [-0.05, 0) is 31.4 Å². The Labute approximate surface area is 105 Å². The molecule has 1 aromatic carbocycles. The Hall–Kier alpha value is -2.04. The number of imidazole rings is 1. The second-order valence-electron chi connectivity index (χ2n) is 4.84. The number of nitrogens with two attached hydrogens (primary N) is 1. The van der Waals surface area contributed by atoms with E-state index in [0.717, 1.165) is 29.4 Å². The number of carbonyl (C=O) groups excluding carboxylic acids is 1. The standard InChI is InChI=1S/C13H16N4O/c1-8-3-2-4-10-12(8)16-13(14)17(10)7-11(18)15-9-5-6-9/h2-4,9H,5-7H2,1H3,(H2,14,16)(H,15,18). The van der Waals surface area contributed by atoms with Gasteiger partial charge >= 0.3 is 0 Å². The third-order valence-electron chi connectivity index (χ3n) is 3.25. The summed E-state index contributed by atoms with van der Waals surface area (Å²) in [6, 6.07) is 6.25. The number of para-hydroxylation sites is 1. The van der Waals surface area contributed by atoms with Crippen LogP contribution in [0.1, 0.15) is 18.4 Å². The molecule has 18 heavy (non-hydrogen) atoms. The zero-order valence-corrected chi connectivity index (χ0v) is 10.3. The zero-order chi connectivity index (χ0) is 12.7. The molecule has 0 bridgehead atoms. The SMILES string of the molecule is Cc1cccc2c1nc(N)n2CC(=O)NC1CC1. The van der Waals surface area contributed by atoms with Crippen molar-refractivity contribution in [3.05, 3.63) is 23.8 Å². The summed E-state index contributed by atoms with van der Waals surface area (Å²) in [5, 5.41) is 2.96. The molecule has 1 heterocycles. The highest BCUT2D eigenvalue weighted by atomic mass is 16.2. The number of amides is 1. The molecule has 3 N–H and O–H groups in total. The number of rotatable bonds is 3. The fraction of sp³-hybridized carbons (Fsp3) is 0.385. The summed E-state index contributed by atoms with van der Waals surface area (Å²) in [4.78, 5) is 16.1. The van der Waals surface area contributed by atoms with Crippen molar-refractivity contribution >= 4 is 22.9 Å². The normalized spacial score (nSPS) is 14.9. The molecule has 94 valence electrons. The van der Waals surface area contributed by atoms with Crippen molar-refractivity contribution in [2.75, 3.05) is 5.73 Å². The molecule has 1 aliphatic rings. The molecule has 0 aliphatic heterocycles. The lowest BCUT2D eigenvalue weighted by Crippen LogP contribution is -2.29. The largest absolute Gasteiger partial charge is 0.369 e. The Morgan fingerprint density at radius 1 is 1.56 bits per heavy atom. The van der Waals surface area contributed by atoms with Crippen molar-refractivity contribution in [2.45, 2.75) is 32.4 Å². The number of fused-ring (bicyclic) bond motifs is 1. The highest BCUT2D eigenvalue weighted by Crippen LogP contribution is 2.22. The third-order valence-corrected chi connectivity index (χ3v) is 3.25.